The Kier molecular flexibility index (Phi) is 2.38. The Morgan fingerprint density at radius 2 is 2.13 bits per heavy atom. The number of rotatable bonds is 3. The molecule has 3 N–H and O–H groups in total. The first-order chi connectivity index (χ1) is 6.99. The van der Waals surface area contributed by atoms with Crippen LogP contribution < -0.4 is 5.73 Å². The van der Waals surface area contributed by atoms with E-state index in [-0.39, 0.29) is 5.41 Å². The molecule has 1 heterocycles. The van der Waals surface area contributed by atoms with E-state index in [0.717, 1.165) is 13.0 Å². The lowest BCUT2D eigenvalue weighted by Gasteiger charge is -2.22. The highest BCUT2D eigenvalue weighted by Crippen LogP contribution is 2.52. The van der Waals surface area contributed by atoms with Crippen LogP contribution in [0.4, 0.5) is 0 Å². The predicted molar refractivity (Wildman–Crippen MR) is 61.9 cm³/mol. The fourth-order valence-electron chi connectivity index (χ4n) is 2.34. The second-order valence-electron chi connectivity index (χ2n) is 5.73. The summed E-state index contributed by atoms with van der Waals surface area (Å²) in [5.41, 5.74) is 8.88. The van der Waals surface area contributed by atoms with Crippen molar-refractivity contribution in [3.8, 4) is 0 Å². The van der Waals surface area contributed by atoms with Crippen molar-refractivity contribution in [3.63, 3.8) is 0 Å². The van der Waals surface area contributed by atoms with Crippen LogP contribution in [0.2, 0.25) is 0 Å². The normalized spacial score (nSPS) is 19.2. The summed E-state index contributed by atoms with van der Waals surface area (Å²) in [6.45, 7) is 7.45. The smallest absolute Gasteiger partial charge is 0.0528 e. The van der Waals surface area contributed by atoms with Crippen molar-refractivity contribution >= 4 is 0 Å². The van der Waals surface area contributed by atoms with Gasteiger partial charge in [-0.25, -0.2) is 0 Å². The van der Waals surface area contributed by atoms with Gasteiger partial charge >= 0.3 is 0 Å². The molecule has 1 aromatic rings. The van der Waals surface area contributed by atoms with Crippen LogP contribution in [0.25, 0.3) is 0 Å². The zero-order chi connectivity index (χ0) is 11.1. The average Bonchev–Trinajstić information content (AvgIpc) is 2.75. The molecule has 0 atom stereocenters. The minimum Gasteiger partial charge on any atom is -0.330 e. The number of aromatic nitrogens is 2. The number of nitrogens with two attached hydrogens (primary N) is 1. The van der Waals surface area contributed by atoms with Crippen LogP contribution in [0.3, 0.4) is 0 Å². The molecule has 0 bridgehead atoms. The maximum atomic E-state index is 5.69. The summed E-state index contributed by atoms with van der Waals surface area (Å²) in [6.07, 6.45) is 5.64. The maximum Gasteiger partial charge on any atom is 0.0528 e. The Hall–Kier alpha value is -0.830. The van der Waals surface area contributed by atoms with Gasteiger partial charge in [0, 0.05) is 11.1 Å². The van der Waals surface area contributed by atoms with Crippen molar-refractivity contribution in [2.75, 3.05) is 6.54 Å². The van der Waals surface area contributed by atoms with Crippen molar-refractivity contribution in [1.82, 2.24) is 10.2 Å². The molecule has 1 saturated carbocycles. The van der Waals surface area contributed by atoms with Gasteiger partial charge in [0.05, 0.1) is 6.20 Å². The summed E-state index contributed by atoms with van der Waals surface area (Å²) in [5.74, 6) is 0. The van der Waals surface area contributed by atoms with Crippen molar-refractivity contribution in [2.45, 2.75) is 50.9 Å². The van der Waals surface area contributed by atoms with Gasteiger partial charge in [-0.15, -0.1) is 0 Å². The zero-order valence-corrected chi connectivity index (χ0v) is 9.93. The second kappa shape index (κ2) is 3.34. The highest BCUT2D eigenvalue weighted by atomic mass is 15.1. The van der Waals surface area contributed by atoms with Gasteiger partial charge in [-0.1, -0.05) is 20.8 Å². The summed E-state index contributed by atoms with van der Waals surface area (Å²) in [6, 6.07) is 0. The highest BCUT2D eigenvalue weighted by molar-refractivity contribution is 5.36. The van der Waals surface area contributed by atoms with Crippen LogP contribution in [-0.2, 0) is 10.8 Å². The van der Waals surface area contributed by atoms with Gasteiger partial charge in [-0.3, -0.25) is 5.10 Å². The number of nitrogens with zero attached hydrogens (tertiary/aromatic N) is 1. The fourth-order valence-corrected chi connectivity index (χ4v) is 2.34. The lowest BCUT2D eigenvalue weighted by atomic mass is 9.83. The lowest BCUT2D eigenvalue weighted by molar-refractivity contribution is 0.537. The highest BCUT2D eigenvalue weighted by Gasteiger charge is 2.46. The van der Waals surface area contributed by atoms with E-state index >= 15 is 0 Å². The summed E-state index contributed by atoms with van der Waals surface area (Å²) in [4.78, 5) is 0. The Labute approximate surface area is 91.4 Å². The third-order valence-corrected chi connectivity index (χ3v) is 3.44. The Balaban J connectivity index is 2.33. The predicted octanol–water partition coefficient (Wildman–Crippen LogP) is 2.09. The molecule has 3 nitrogen and oxygen atoms in total. The Bertz CT molecular complexity index is 342. The van der Waals surface area contributed by atoms with E-state index in [1.54, 1.807) is 0 Å². The van der Waals surface area contributed by atoms with E-state index in [2.05, 4.69) is 31.0 Å². The summed E-state index contributed by atoms with van der Waals surface area (Å²) in [5, 5.41) is 7.37. The third-order valence-electron chi connectivity index (χ3n) is 3.44. The summed E-state index contributed by atoms with van der Waals surface area (Å²) < 4.78 is 0. The van der Waals surface area contributed by atoms with E-state index in [9.17, 15) is 0 Å². The molecular formula is C12H21N3. The molecule has 2 rings (SSSR count). The van der Waals surface area contributed by atoms with Gasteiger partial charge in [0.15, 0.2) is 0 Å². The molecule has 0 aliphatic heterocycles. The van der Waals surface area contributed by atoms with Crippen molar-refractivity contribution < 1.29 is 0 Å². The molecule has 0 aromatic carbocycles. The molecule has 0 saturated heterocycles. The molecule has 0 spiro atoms. The van der Waals surface area contributed by atoms with Crippen LogP contribution in [0.1, 0.15) is 51.3 Å². The SMILES string of the molecule is CC(C)(C)c1[nH]ncc1C1(CCN)CC1. The van der Waals surface area contributed by atoms with Crippen LogP contribution in [0.5, 0.6) is 0 Å². The lowest BCUT2D eigenvalue weighted by Crippen LogP contribution is -2.20. The number of aromatic amines is 1. The number of H-pyrrole nitrogens is 1. The standard InChI is InChI=1S/C12H21N3/c1-11(2,3)10-9(8-14-15-10)12(4-5-12)6-7-13/h8H,4-7,13H2,1-3H3,(H,14,15). The molecule has 1 fully saturated rings. The van der Waals surface area contributed by atoms with E-state index in [1.807, 2.05) is 6.20 Å². The summed E-state index contributed by atoms with van der Waals surface area (Å²) in [7, 11) is 0. The van der Waals surface area contributed by atoms with Crippen LogP contribution >= 0.6 is 0 Å². The fraction of sp³-hybridized carbons (Fsp3) is 0.750. The Morgan fingerprint density at radius 1 is 1.47 bits per heavy atom. The minimum atomic E-state index is 0.149. The topological polar surface area (TPSA) is 54.7 Å². The van der Waals surface area contributed by atoms with E-state index < -0.39 is 0 Å². The van der Waals surface area contributed by atoms with Gasteiger partial charge in [0.25, 0.3) is 0 Å². The van der Waals surface area contributed by atoms with Crippen molar-refractivity contribution in [2.24, 2.45) is 5.73 Å². The summed E-state index contributed by atoms with van der Waals surface area (Å²) >= 11 is 0. The molecule has 0 radical (unpaired) electrons. The average molecular weight is 207 g/mol. The number of hydrogen-bond acceptors (Lipinski definition) is 2. The number of hydrogen-bond donors (Lipinski definition) is 2. The van der Waals surface area contributed by atoms with Crippen LogP contribution in [-0.4, -0.2) is 16.7 Å². The first kappa shape index (κ1) is 10.7. The quantitative estimate of drug-likeness (QED) is 0.797. The third kappa shape index (κ3) is 1.81. The first-order valence-corrected chi connectivity index (χ1v) is 5.74. The second-order valence-corrected chi connectivity index (χ2v) is 5.73. The molecule has 0 unspecified atom stereocenters. The molecule has 15 heavy (non-hydrogen) atoms. The Morgan fingerprint density at radius 3 is 2.60 bits per heavy atom. The van der Waals surface area contributed by atoms with Crippen molar-refractivity contribution in [3.05, 3.63) is 17.5 Å². The van der Waals surface area contributed by atoms with Gasteiger partial charge in [0.2, 0.25) is 0 Å². The molecule has 1 aliphatic rings. The molecule has 0 amide bonds. The molecule has 1 aromatic heterocycles. The van der Waals surface area contributed by atoms with Crippen molar-refractivity contribution in [1.29, 1.82) is 0 Å². The molecule has 84 valence electrons. The molecule has 3 heteroatoms. The monoisotopic (exact) mass is 207 g/mol. The van der Waals surface area contributed by atoms with Gasteiger partial charge < -0.3 is 5.73 Å². The minimum absolute atomic E-state index is 0.149. The molecule has 1 aliphatic carbocycles. The van der Waals surface area contributed by atoms with Gasteiger partial charge in [-0.2, -0.15) is 5.10 Å². The number of nitrogens with one attached hydrogen (secondary N) is 1. The van der Waals surface area contributed by atoms with Gasteiger partial charge in [0.1, 0.15) is 0 Å². The van der Waals surface area contributed by atoms with E-state index in [4.69, 9.17) is 5.73 Å². The largest absolute Gasteiger partial charge is 0.330 e. The van der Waals surface area contributed by atoms with Gasteiger partial charge in [-0.05, 0) is 36.8 Å². The first-order valence-electron chi connectivity index (χ1n) is 5.74. The maximum absolute atomic E-state index is 5.69. The zero-order valence-electron chi connectivity index (χ0n) is 9.93. The molecular weight excluding hydrogens is 186 g/mol. The van der Waals surface area contributed by atoms with E-state index in [0.29, 0.717) is 5.41 Å². The van der Waals surface area contributed by atoms with Crippen LogP contribution in [0, 0.1) is 0 Å². The van der Waals surface area contributed by atoms with E-state index in [1.165, 1.54) is 24.1 Å². The van der Waals surface area contributed by atoms with Crippen LogP contribution in [0.15, 0.2) is 6.20 Å².